The molecule has 23 heavy (non-hydrogen) atoms. The van der Waals surface area contributed by atoms with Crippen molar-refractivity contribution in [1.82, 2.24) is 0 Å². The maximum absolute atomic E-state index is 13.4. The molecule has 6 heteroatoms. The van der Waals surface area contributed by atoms with Gasteiger partial charge in [0.25, 0.3) is 0 Å². The normalized spacial score (nSPS) is 10.7. The number of methoxy groups -OCH3 is 1. The van der Waals surface area contributed by atoms with E-state index in [4.69, 9.17) is 0 Å². The first-order valence-electron chi connectivity index (χ1n) is 6.65. The summed E-state index contributed by atoms with van der Waals surface area (Å²) in [5.74, 6) is -1.27. The number of hydrogen-bond acceptors (Lipinski definition) is 5. The molecule has 0 aliphatic heterocycles. The molecule has 0 fully saturated rings. The molecule has 2 aromatic carbocycles. The Bertz CT molecular complexity index is 978. The van der Waals surface area contributed by atoms with Crippen molar-refractivity contribution >= 4 is 27.4 Å². The Labute approximate surface area is 134 Å². The first-order valence-corrected chi connectivity index (χ1v) is 7.47. The second kappa shape index (κ2) is 5.81. The fraction of sp³-hybridized carbons (Fsp3) is 0.0588. The maximum atomic E-state index is 13.4. The number of hydrogen-bond donors (Lipinski definition) is 1. The van der Waals surface area contributed by atoms with Crippen LogP contribution in [0.25, 0.3) is 21.2 Å². The van der Waals surface area contributed by atoms with E-state index in [1.54, 1.807) is 30.3 Å². The molecular weight excluding hydrogens is 319 g/mol. The molecule has 4 nitrogen and oxygen atoms in total. The van der Waals surface area contributed by atoms with E-state index in [-0.39, 0.29) is 21.8 Å². The van der Waals surface area contributed by atoms with Crippen LogP contribution >= 0.6 is 11.3 Å². The van der Waals surface area contributed by atoms with Gasteiger partial charge in [-0.3, -0.25) is 4.79 Å². The summed E-state index contributed by atoms with van der Waals surface area (Å²) < 4.78 is 18.4. The highest BCUT2D eigenvalue weighted by Gasteiger charge is 2.20. The van der Waals surface area contributed by atoms with Gasteiger partial charge in [-0.15, -0.1) is 0 Å². The van der Waals surface area contributed by atoms with E-state index in [2.05, 4.69) is 4.74 Å². The van der Waals surface area contributed by atoms with Crippen molar-refractivity contribution in [3.8, 4) is 16.2 Å². The smallest absolute Gasteiger partial charge is 0.346 e. The van der Waals surface area contributed by atoms with Gasteiger partial charge in [0.05, 0.1) is 7.11 Å². The Balaban J connectivity index is 2.27. The second-order valence-corrected chi connectivity index (χ2v) is 5.85. The van der Waals surface area contributed by atoms with Crippen LogP contribution in [0.1, 0.15) is 10.4 Å². The average Bonchev–Trinajstić information content (AvgIpc) is 2.54. The Morgan fingerprint density at radius 2 is 1.91 bits per heavy atom. The van der Waals surface area contributed by atoms with Gasteiger partial charge in [-0.1, -0.05) is 29.5 Å². The van der Waals surface area contributed by atoms with Crippen LogP contribution in [0.4, 0.5) is 4.39 Å². The summed E-state index contributed by atoms with van der Waals surface area (Å²) in [7, 11) is 1.14. The number of carbonyl (C=O) groups excluding carboxylic acids is 1. The molecule has 0 atom stereocenters. The Morgan fingerprint density at radius 3 is 2.61 bits per heavy atom. The van der Waals surface area contributed by atoms with Gasteiger partial charge in [-0.2, -0.15) is 0 Å². The minimum atomic E-state index is -0.887. The van der Waals surface area contributed by atoms with Gasteiger partial charge in [-0.25, -0.2) is 9.18 Å². The zero-order valence-corrected chi connectivity index (χ0v) is 12.8. The van der Waals surface area contributed by atoms with E-state index in [9.17, 15) is 19.1 Å². The summed E-state index contributed by atoms with van der Waals surface area (Å²) in [5.41, 5.74) is 0.259. The van der Waals surface area contributed by atoms with Crippen LogP contribution in [0.5, 0.6) is 5.06 Å². The van der Waals surface area contributed by atoms with Gasteiger partial charge >= 0.3 is 5.97 Å². The number of esters is 1. The van der Waals surface area contributed by atoms with Crippen molar-refractivity contribution in [1.29, 1.82) is 0 Å². The summed E-state index contributed by atoms with van der Waals surface area (Å²) in [6.07, 6.45) is 0. The van der Waals surface area contributed by atoms with Gasteiger partial charge in [0.2, 0.25) is 5.43 Å². The molecule has 0 saturated carbocycles. The number of halogens is 1. The molecule has 0 spiro atoms. The minimum absolute atomic E-state index is 0.273. The van der Waals surface area contributed by atoms with E-state index < -0.39 is 11.4 Å². The highest BCUT2D eigenvalue weighted by Crippen LogP contribution is 2.31. The quantitative estimate of drug-likeness (QED) is 0.730. The number of aromatic hydroxyl groups is 1. The summed E-state index contributed by atoms with van der Waals surface area (Å²) in [4.78, 5) is 24.1. The lowest BCUT2D eigenvalue weighted by atomic mass is 10.0. The third kappa shape index (κ3) is 2.68. The van der Waals surface area contributed by atoms with Crippen LogP contribution < -0.4 is 5.43 Å². The summed E-state index contributed by atoms with van der Waals surface area (Å²) in [5, 5.41) is 9.77. The van der Waals surface area contributed by atoms with Crippen molar-refractivity contribution in [2.45, 2.75) is 0 Å². The monoisotopic (exact) mass is 330 g/mol. The summed E-state index contributed by atoms with van der Waals surface area (Å²) in [6, 6.07) is 10.9. The van der Waals surface area contributed by atoms with Crippen molar-refractivity contribution < 1.29 is 19.0 Å². The van der Waals surface area contributed by atoms with E-state index in [1.807, 2.05) is 0 Å². The van der Waals surface area contributed by atoms with Gasteiger partial charge in [-0.05, 0) is 35.4 Å². The third-order valence-electron chi connectivity index (χ3n) is 3.42. The van der Waals surface area contributed by atoms with Gasteiger partial charge in [0.15, 0.2) is 10.6 Å². The van der Waals surface area contributed by atoms with Crippen LogP contribution in [0.2, 0.25) is 0 Å². The number of benzene rings is 2. The van der Waals surface area contributed by atoms with E-state index >= 15 is 0 Å². The number of ether oxygens (including phenoxy) is 1. The van der Waals surface area contributed by atoms with E-state index in [1.165, 1.54) is 12.1 Å². The molecule has 0 saturated heterocycles. The lowest BCUT2D eigenvalue weighted by Gasteiger charge is -2.06. The molecule has 0 aliphatic rings. The van der Waals surface area contributed by atoms with Crippen LogP contribution in [-0.4, -0.2) is 18.2 Å². The van der Waals surface area contributed by atoms with Crippen LogP contribution in [0, 0.1) is 5.82 Å². The first-order chi connectivity index (χ1) is 11.0. The molecule has 0 radical (unpaired) electrons. The molecule has 1 N–H and O–H groups in total. The zero-order valence-electron chi connectivity index (χ0n) is 12.0. The average molecular weight is 330 g/mol. The molecule has 0 unspecified atom stereocenters. The minimum Gasteiger partial charge on any atom is -0.499 e. The summed E-state index contributed by atoms with van der Waals surface area (Å²) in [6.45, 7) is 0. The fourth-order valence-electron chi connectivity index (χ4n) is 2.31. The zero-order chi connectivity index (χ0) is 16.6. The molecule has 0 aliphatic carbocycles. The fourth-order valence-corrected chi connectivity index (χ4v) is 3.20. The van der Waals surface area contributed by atoms with Crippen LogP contribution in [0.15, 0.2) is 47.3 Å². The lowest BCUT2D eigenvalue weighted by molar-refractivity contribution is 0.0597. The SMILES string of the molecule is COC(=O)c1c(O)sc2ccc(-c3cccc(F)c3)cc2c1=O. The molecule has 116 valence electrons. The van der Waals surface area contributed by atoms with Crippen LogP contribution in [-0.2, 0) is 4.74 Å². The number of carbonyl (C=O) groups is 1. The van der Waals surface area contributed by atoms with E-state index in [0.29, 0.717) is 15.8 Å². The number of rotatable bonds is 2. The predicted molar refractivity (Wildman–Crippen MR) is 86.5 cm³/mol. The Morgan fingerprint density at radius 1 is 1.17 bits per heavy atom. The Hall–Kier alpha value is -2.73. The largest absolute Gasteiger partial charge is 0.499 e. The highest BCUT2D eigenvalue weighted by molar-refractivity contribution is 7.20. The molecule has 1 aromatic heterocycles. The highest BCUT2D eigenvalue weighted by atomic mass is 32.1. The van der Waals surface area contributed by atoms with Crippen LogP contribution in [0.3, 0.4) is 0 Å². The first kappa shape index (κ1) is 15.2. The van der Waals surface area contributed by atoms with E-state index in [0.717, 1.165) is 18.4 Å². The molecule has 1 heterocycles. The van der Waals surface area contributed by atoms with Gasteiger partial charge in [0.1, 0.15) is 5.82 Å². The Kier molecular flexibility index (Phi) is 3.83. The van der Waals surface area contributed by atoms with Gasteiger partial charge in [0, 0.05) is 10.1 Å². The lowest BCUT2D eigenvalue weighted by Crippen LogP contribution is -2.15. The molecule has 0 bridgehead atoms. The van der Waals surface area contributed by atoms with Crippen molar-refractivity contribution in [3.05, 3.63) is 64.1 Å². The summed E-state index contributed by atoms with van der Waals surface area (Å²) >= 11 is 0.914. The standard InChI is InChI=1S/C17H11FO4S/c1-22-16(20)14-15(19)12-8-10(5-6-13(12)23-17(14)21)9-3-2-4-11(18)7-9/h2-8,21H,1H3. The third-order valence-corrected chi connectivity index (χ3v) is 4.39. The second-order valence-electron chi connectivity index (χ2n) is 4.82. The number of fused-ring (bicyclic) bond motifs is 1. The van der Waals surface area contributed by atoms with Crippen molar-refractivity contribution in [3.63, 3.8) is 0 Å². The molecule has 3 aromatic rings. The maximum Gasteiger partial charge on any atom is 0.346 e. The predicted octanol–water partition coefficient (Wildman–Crippen LogP) is 3.56. The topological polar surface area (TPSA) is 63.6 Å². The molecular formula is C17H11FO4S. The van der Waals surface area contributed by atoms with Gasteiger partial charge < -0.3 is 9.84 Å². The molecule has 0 amide bonds. The molecule has 3 rings (SSSR count). The van der Waals surface area contributed by atoms with Crippen molar-refractivity contribution in [2.24, 2.45) is 0 Å². The van der Waals surface area contributed by atoms with Crippen molar-refractivity contribution in [2.75, 3.05) is 7.11 Å².